The number of carbonyl (C=O) groups is 1. The number of para-hydroxylation sites is 1. The van der Waals surface area contributed by atoms with Crippen LogP contribution in [-0.4, -0.2) is 55.8 Å². The van der Waals surface area contributed by atoms with Crippen molar-refractivity contribution in [2.75, 3.05) is 26.2 Å². The lowest BCUT2D eigenvalue weighted by molar-refractivity contribution is -0.139. The summed E-state index contributed by atoms with van der Waals surface area (Å²) in [7, 11) is -3.52. The molecule has 3 rings (SSSR count). The van der Waals surface area contributed by atoms with Gasteiger partial charge in [0.25, 0.3) is 5.91 Å². The zero-order valence-corrected chi connectivity index (χ0v) is 16.4. The Kier molecular flexibility index (Phi) is 5.82. The second-order valence-electron chi connectivity index (χ2n) is 6.57. The predicted molar refractivity (Wildman–Crippen MR) is 103 cm³/mol. The van der Waals surface area contributed by atoms with E-state index in [1.807, 2.05) is 31.2 Å². The maximum atomic E-state index is 12.7. The van der Waals surface area contributed by atoms with E-state index in [0.717, 1.165) is 5.56 Å². The maximum Gasteiger partial charge on any atom is 0.263 e. The van der Waals surface area contributed by atoms with Crippen molar-refractivity contribution < 1.29 is 17.9 Å². The Hall–Kier alpha value is -2.38. The molecule has 6 nitrogen and oxygen atoms in total. The highest BCUT2D eigenvalue weighted by atomic mass is 32.2. The number of amides is 1. The van der Waals surface area contributed by atoms with Crippen LogP contribution in [0.3, 0.4) is 0 Å². The van der Waals surface area contributed by atoms with Gasteiger partial charge in [0.05, 0.1) is 4.90 Å². The minimum absolute atomic E-state index is 0.130. The van der Waals surface area contributed by atoms with Crippen LogP contribution in [0.25, 0.3) is 0 Å². The highest BCUT2D eigenvalue weighted by molar-refractivity contribution is 7.89. The summed E-state index contributed by atoms with van der Waals surface area (Å²) in [5.74, 6) is 0.554. The van der Waals surface area contributed by atoms with E-state index in [2.05, 4.69) is 0 Å². The van der Waals surface area contributed by atoms with Crippen molar-refractivity contribution in [2.24, 2.45) is 0 Å². The third-order valence-corrected chi connectivity index (χ3v) is 6.59. The largest absolute Gasteiger partial charge is 0.481 e. The summed E-state index contributed by atoms with van der Waals surface area (Å²) in [5.41, 5.74) is 0.968. The monoisotopic (exact) mass is 388 g/mol. The number of ether oxygens (including phenoxy) is 1. The summed E-state index contributed by atoms with van der Waals surface area (Å²) in [6.07, 6.45) is -0.622. The molecule has 0 N–H and O–H groups in total. The Labute approximate surface area is 160 Å². The number of sulfonamides is 1. The van der Waals surface area contributed by atoms with Gasteiger partial charge in [-0.2, -0.15) is 4.31 Å². The lowest BCUT2D eigenvalue weighted by atomic mass is 10.2. The molecule has 7 heteroatoms. The fourth-order valence-corrected chi connectivity index (χ4v) is 4.52. The zero-order chi connectivity index (χ0) is 19.4. The van der Waals surface area contributed by atoms with E-state index in [9.17, 15) is 13.2 Å². The van der Waals surface area contributed by atoms with Gasteiger partial charge in [0.15, 0.2) is 6.10 Å². The SMILES string of the molecule is Cc1ccccc1OC(C)C(=O)N1CCN(S(=O)(=O)c2ccccc2)CC1. The molecule has 0 bridgehead atoms. The van der Waals surface area contributed by atoms with Crippen LogP contribution in [0.5, 0.6) is 5.75 Å². The van der Waals surface area contributed by atoms with E-state index < -0.39 is 16.1 Å². The smallest absolute Gasteiger partial charge is 0.263 e. The van der Waals surface area contributed by atoms with Crippen molar-refractivity contribution in [1.82, 2.24) is 9.21 Å². The number of piperazine rings is 1. The summed E-state index contributed by atoms with van der Waals surface area (Å²) >= 11 is 0. The number of aryl methyl sites for hydroxylation is 1. The first kappa shape index (κ1) is 19.4. The van der Waals surface area contributed by atoms with Crippen LogP contribution in [0.15, 0.2) is 59.5 Å². The standard InChI is InChI=1S/C20H24N2O4S/c1-16-8-6-7-11-19(16)26-17(2)20(23)21-12-14-22(15-13-21)27(24,25)18-9-4-3-5-10-18/h3-11,17H,12-15H2,1-2H3. The average Bonchev–Trinajstić information content (AvgIpc) is 2.70. The normalized spacial score (nSPS) is 16.7. The number of carbonyl (C=O) groups excluding carboxylic acids is 1. The van der Waals surface area contributed by atoms with Gasteiger partial charge in [-0.3, -0.25) is 4.79 Å². The molecule has 2 aromatic rings. The minimum Gasteiger partial charge on any atom is -0.481 e. The average molecular weight is 388 g/mol. The molecule has 1 aliphatic heterocycles. The third-order valence-electron chi connectivity index (χ3n) is 4.68. The third kappa shape index (κ3) is 4.31. The van der Waals surface area contributed by atoms with Gasteiger partial charge in [-0.25, -0.2) is 8.42 Å². The molecule has 27 heavy (non-hydrogen) atoms. The predicted octanol–water partition coefficient (Wildman–Crippen LogP) is 2.30. The van der Waals surface area contributed by atoms with Gasteiger partial charge in [-0.1, -0.05) is 36.4 Å². The summed E-state index contributed by atoms with van der Waals surface area (Å²) in [6.45, 7) is 4.92. The summed E-state index contributed by atoms with van der Waals surface area (Å²) in [5, 5.41) is 0. The first-order valence-electron chi connectivity index (χ1n) is 8.96. The van der Waals surface area contributed by atoms with Crippen LogP contribution < -0.4 is 4.74 Å². The molecule has 1 unspecified atom stereocenters. The highest BCUT2D eigenvalue weighted by Crippen LogP contribution is 2.20. The van der Waals surface area contributed by atoms with Gasteiger partial charge in [0.1, 0.15) is 5.75 Å². The summed E-state index contributed by atoms with van der Waals surface area (Å²) in [4.78, 5) is 14.6. The first-order chi connectivity index (χ1) is 12.9. The van der Waals surface area contributed by atoms with E-state index in [0.29, 0.717) is 18.8 Å². The van der Waals surface area contributed by atoms with Gasteiger partial charge in [0, 0.05) is 26.2 Å². The molecule has 0 spiro atoms. The van der Waals surface area contributed by atoms with Gasteiger partial charge in [-0.05, 0) is 37.6 Å². The van der Waals surface area contributed by atoms with Crippen LogP contribution in [0.4, 0.5) is 0 Å². The lowest BCUT2D eigenvalue weighted by Crippen LogP contribution is -2.53. The van der Waals surface area contributed by atoms with Gasteiger partial charge in [-0.15, -0.1) is 0 Å². The summed E-state index contributed by atoms with van der Waals surface area (Å²) < 4.78 is 32.6. The van der Waals surface area contributed by atoms with Gasteiger partial charge in [0.2, 0.25) is 10.0 Å². The highest BCUT2D eigenvalue weighted by Gasteiger charge is 2.31. The van der Waals surface area contributed by atoms with Crippen molar-refractivity contribution in [2.45, 2.75) is 24.8 Å². The first-order valence-corrected chi connectivity index (χ1v) is 10.4. The Bertz CT molecular complexity index is 891. The van der Waals surface area contributed by atoms with Crippen LogP contribution in [0, 0.1) is 6.92 Å². The van der Waals surface area contributed by atoms with Crippen LogP contribution in [-0.2, 0) is 14.8 Å². The van der Waals surface area contributed by atoms with E-state index in [4.69, 9.17) is 4.74 Å². The quantitative estimate of drug-likeness (QED) is 0.788. The van der Waals surface area contributed by atoms with E-state index in [1.54, 1.807) is 42.2 Å². The topological polar surface area (TPSA) is 66.9 Å². The van der Waals surface area contributed by atoms with E-state index in [-0.39, 0.29) is 23.9 Å². The number of hydrogen-bond acceptors (Lipinski definition) is 4. The number of hydrogen-bond donors (Lipinski definition) is 0. The van der Waals surface area contributed by atoms with Crippen LogP contribution in [0.1, 0.15) is 12.5 Å². The molecule has 144 valence electrons. The zero-order valence-electron chi connectivity index (χ0n) is 15.5. The second kappa shape index (κ2) is 8.10. The Morgan fingerprint density at radius 1 is 0.963 bits per heavy atom. The Morgan fingerprint density at radius 2 is 1.56 bits per heavy atom. The molecule has 1 heterocycles. The maximum absolute atomic E-state index is 12.7. The van der Waals surface area contributed by atoms with E-state index >= 15 is 0 Å². The molecule has 0 aromatic heterocycles. The molecule has 1 atom stereocenters. The molecule has 0 saturated carbocycles. The van der Waals surface area contributed by atoms with E-state index in [1.165, 1.54) is 4.31 Å². The lowest BCUT2D eigenvalue weighted by Gasteiger charge is -2.35. The molecule has 1 saturated heterocycles. The van der Waals surface area contributed by atoms with Crippen molar-refractivity contribution in [3.8, 4) is 5.75 Å². The Morgan fingerprint density at radius 3 is 2.19 bits per heavy atom. The van der Waals surface area contributed by atoms with Crippen molar-refractivity contribution >= 4 is 15.9 Å². The molecule has 1 fully saturated rings. The second-order valence-corrected chi connectivity index (χ2v) is 8.51. The minimum atomic E-state index is -3.52. The molecular formula is C20H24N2O4S. The molecule has 1 amide bonds. The number of benzene rings is 2. The molecular weight excluding hydrogens is 364 g/mol. The van der Waals surface area contributed by atoms with Crippen molar-refractivity contribution in [3.05, 3.63) is 60.2 Å². The summed E-state index contributed by atoms with van der Waals surface area (Å²) in [6, 6.07) is 15.9. The molecule has 0 aliphatic carbocycles. The van der Waals surface area contributed by atoms with Gasteiger partial charge < -0.3 is 9.64 Å². The molecule has 1 aliphatic rings. The van der Waals surface area contributed by atoms with Crippen molar-refractivity contribution in [1.29, 1.82) is 0 Å². The Balaban J connectivity index is 1.60. The van der Waals surface area contributed by atoms with Crippen LogP contribution >= 0.6 is 0 Å². The van der Waals surface area contributed by atoms with Gasteiger partial charge >= 0.3 is 0 Å². The van der Waals surface area contributed by atoms with Crippen LogP contribution in [0.2, 0.25) is 0 Å². The fourth-order valence-electron chi connectivity index (χ4n) is 3.08. The fraction of sp³-hybridized carbons (Fsp3) is 0.350. The molecule has 2 aromatic carbocycles. The van der Waals surface area contributed by atoms with Crippen molar-refractivity contribution in [3.63, 3.8) is 0 Å². The molecule has 0 radical (unpaired) electrons. The number of nitrogens with zero attached hydrogens (tertiary/aromatic N) is 2. The number of rotatable bonds is 5.